The maximum Gasteiger partial charge on any atom is 0.0940 e. The molecule has 4 heteroatoms. The van der Waals surface area contributed by atoms with Gasteiger partial charge in [-0.05, 0) is 20.9 Å². The quantitative estimate of drug-likeness (QED) is 0.661. The topological polar surface area (TPSA) is 23.6 Å². The number of likely N-dealkylation sites (N-methyl/N-ethyl adjacent to an activating group) is 1. The van der Waals surface area contributed by atoms with Gasteiger partial charge in [0.2, 0.25) is 0 Å². The molecule has 0 aromatic heterocycles. The van der Waals surface area contributed by atoms with Crippen molar-refractivity contribution in [2.75, 3.05) is 25.9 Å². The predicted molar refractivity (Wildman–Crippen MR) is 56.9 cm³/mol. The van der Waals surface area contributed by atoms with Crippen LogP contribution in [0, 0.1) is 0 Å². The molecule has 1 aliphatic rings. The Morgan fingerprint density at radius 1 is 1.31 bits per heavy atom. The standard InChI is InChI=1S/C9H20N2OS/c1-5-13(12)11-6-8(2)10(4)9(3)7-11/h8-9H,5-7H2,1-4H3/t8-,9+,13?. The molecule has 0 saturated carbocycles. The second-order valence-corrected chi connectivity index (χ2v) is 5.56. The zero-order chi connectivity index (χ0) is 10.0. The Balaban J connectivity index is 2.58. The van der Waals surface area contributed by atoms with Gasteiger partial charge in [-0.25, -0.2) is 8.51 Å². The fourth-order valence-electron chi connectivity index (χ4n) is 1.70. The largest absolute Gasteiger partial charge is 0.298 e. The van der Waals surface area contributed by atoms with E-state index in [0.717, 1.165) is 18.8 Å². The molecule has 0 spiro atoms. The average molecular weight is 204 g/mol. The first-order valence-corrected chi connectivity index (χ1v) is 6.19. The highest BCUT2D eigenvalue weighted by Gasteiger charge is 2.28. The maximum atomic E-state index is 11.6. The summed E-state index contributed by atoms with van der Waals surface area (Å²) >= 11 is 0. The van der Waals surface area contributed by atoms with Crippen molar-refractivity contribution in [1.29, 1.82) is 0 Å². The second-order valence-electron chi connectivity index (χ2n) is 3.82. The van der Waals surface area contributed by atoms with Gasteiger partial charge in [-0.2, -0.15) is 0 Å². The Bertz CT molecular complexity index is 186. The molecule has 1 heterocycles. The summed E-state index contributed by atoms with van der Waals surface area (Å²) in [6, 6.07) is 1.03. The summed E-state index contributed by atoms with van der Waals surface area (Å²) in [5, 5.41) is 0. The highest BCUT2D eigenvalue weighted by Crippen LogP contribution is 2.14. The normalized spacial score (nSPS) is 34.8. The molecule has 1 unspecified atom stereocenters. The van der Waals surface area contributed by atoms with Gasteiger partial charge in [0.05, 0.1) is 11.0 Å². The van der Waals surface area contributed by atoms with Crippen molar-refractivity contribution in [3.8, 4) is 0 Å². The molecule has 3 nitrogen and oxygen atoms in total. The van der Waals surface area contributed by atoms with Crippen LogP contribution in [0.5, 0.6) is 0 Å². The summed E-state index contributed by atoms with van der Waals surface area (Å²) in [7, 11) is 1.38. The maximum absolute atomic E-state index is 11.6. The Morgan fingerprint density at radius 3 is 2.15 bits per heavy atom. The van der Waals surface area contributed by atoms with Gasteiger partial charge >= 0.3 is 0 Å². The van der Waals surface area contributed by atoms with Crippen LogP contribution in [0.2, 0.25) is 0 Å². The van der Waals surface area contributed by atoms with Gasteiger partial charge in [-0.1, -0.05) is 6.92 Å². The van der Waals surface area contributed by atoms with E-state index in [1.165, 1.54) is 0 Å². The average Bonchev–Trinajstić information content (AvgIpc) is 2.12. The van der Waals surface area contributed by atoms with Crippen LogP contribution in [0.15, 0.2) is 0 Å². The third-order valence-corrected chi connectivity index (χ3v) is 4.23. The van der Waals surface area contributed by atoms with Gasteiger partial charge in [0.15, 0.2) is 0 Å². The molecule has 1 rings (SSSR count). The molecule has 0 amide bonds. The summed E-state index contributed by atoms with van der Waals surface area (Å²) in [6.07, 6.45) is 0. The van der Waals surface area contributed by atoms with E-state index >= 15 is 0 Å². The fourth-order valence-corrected chi connectivity index (χ4v) is 2.83. The molecule has 0 N–H and O–H groups in total. The molecule has 3 atom stereocenters. The van der Waals surface area contributed by atoms with Gasteiger partial charge in [0, 0.05) is 30.9 Å². The van der Waals surface area contributed by atoms with Crippen LogP contribution in [0.3, 0.4) is 0 Å². The molecule has 0 aromatic rings. The van der Waals surface area contributed by atoms with Crippen molar-refractivity contribution >= 4 is 11.0 Å². The van der Waals surface area contributed by atoms with Crippen LogP contribution in [-0.4, -0.2) is 51.4 Å². The van der Waals surface area contributed by atoms with E-state index in [1.807, 2.05) is 6.92 Å². The van der Waals surface area contributed by atoms with Gasteiger partial charge in [0.1, 0.15) is 0 Å². The van der Waals surface area contributed by atoms with Gasteiger partial charge < -0.3 is 0 Å². The SMILES string of the molecule is CCS(=O)N1C[C@@H](C)N(C)[C@@H](C)C1. The number of nitrogens with zero attached hydrogens (tertiary/aromatic N) is 2. The van der Waals surface area contributed by atoms with Crippen molar-refractivity contribution in [2.45, 2.75) is 32.9 Å². The van der Waals surface area contributed by atoms with Crippen molar-refractivity contribution in [1.82, 2.24) is 9.21 Å². The van der Waals surface area contributed by atoms with Gasteiger partial charge in [-0.3, -0.25) is 4.90 Å². The lowest BCUT2D eigenvalue weighted by atomic mass is 10.1. The van der Waals surface area contributed by atoms with Crippen molar-refractivity contribution in [3.63, 3.8) is 0 Å². The molecule has 1 fully saturated rings. The van der Waals surface area contributed by atoms with E-state index in [4.69, 9.17) is 0 Å². The first-order chi connectivity index (χ1) is 6.06. The molecule has 0 radical (unpaired) electrons. The Kier molecular flexibility index (Phi) is 3.88. The van der Waals surface area contributed by atoms with Gasteiger partial charge in [-0.15, -0.1) is 0 Å². The molecular formula is C9H20N2OS. The minimum atomic E-state index is -0.763. The van der Waals surface area contributed by atoms with E-state index in [9.17, 15) is 4.21 Å². The summed E-state index contributed by atoms with van der Waals surface area (Å²) in [5.41, 5.74) is 0. The summed E-state index contributed by atoms with van der Waals surface area (Å²) in [4.78, 5) is 2.35. The van der Waals surface area contributed by atoms with Crippen LogP contribution in [0.25, 0.3) is 0 Å². The Hall–Kier alpha value is 0.0700. The van der Waals surface area contributed by atoms with E-state index < -0.39 is 11.0 Å². The minimum absolute atomic E-state index is 0.513. The summed E-state index contributed by atoms with van der Waals surface area (Å²) in [6.45, 7) is 8.22. The molecule has 13 heavy (non-hydrogen) atoms. The number of hydrogen-bond acceptors (Lipinski definition) is 2. The Morgan fingerprint density at radius 2 is 1.77 bits per heavy atom. The predicted octanol–water partition coefficient (Wildman–Crippen LogP) is 0.694. The fraction of sp³-hybridized carbons (Fsp3) is 1.00. The Labute approximate surface area is 83.7 Å². The van der Waals surface area contributed by atoms with Crippen molar-refractivity contribution in [2.24, 2.45) is 0 Å². The smallest absolute Gasteiger partial charge is 0.0940 e. The molecule has 1 saturated heterocycles. The summed E-state index contributed by atoms with van der Waals surface area (Å²) < 4.78 is 13.7. The number of piperazine rings is 1. The third-order valence-electron chi connectivity index (χ3n) is 2.86. The monoisotopic (exact) mass is 204 g/mol. The van der Waals surface area contributed by atoms with E-state index in [2.05, 4.69) is 30.1 Å². The first-order valence-electron chi connectivity index (χ1n) is 4.91. The number of hydrogen-bond donors (Lipinski definition) is 0. The first kappa shape index (κ1) is 11.1. The van der Waals surface area contributed by atoms with Crippen molar-refractivity contribution < 1.29 is 4.21 Å². The van der Waals surface area contributed by atoms with Crippen LogP contribution in [-0.2, 0) is 11.0 Å². The second kappa shape index (κ2) is 4.53. The van der Waals surface area contributed by atoms with Crippen LogP contribution in [0.1, 0.15) is 20.8 Å². The molecule has 78 valence electrons. The van der Waals surface area contributed by atoms with Crippen LogP contribution >= 0.6 is 0 Å². The summed E-state index contributed by atoms with van der Waals surface area (Å²) in [5.74, 6) is 0.739. The third kappa shape index (κ3) is 2.51. The molecule has 1 aliphatic heterocycles. The molecule has 0 bridgehead atoms. The lowest BCUT2D eigenvalue weighted by molar-refractivity contribution is 0.108. The van der Waals surface area contributed by atoms with Crippen LogP contribution in [0.4, 0.5) is 0 Å². The molecular weight excluding hydrogens is 184 g/mol. The highest BCUT2D eigenvalue weighted by atomic mass is 32.2. The van der Waals surface area contributed by atoms with E-state index in [-0.39, 0.29) is 0 Å². The zero-order valence-corrected chi connectivity index (χ0v) is 9.80. The van der Waals surface area contributed by atoms with E-state index in [1.54, 1.807) is 0 Å². The number of rotatable bonds is 2. The van der Waals surface area contributed by atoms with E-state index in [0.29, 0.717) is 12.1 Å². The zero-order valence-electron chi connectivity index (χ0n) is 8.99. The molecule has 0 aromatic carbocycles. The minimum Gasteiger partial charge on any atom is -0.298 e. The lowest BCUT2D eigenvalue weighted by Gasteiger charge is -2.41. The van der Waals surface area contributed by atoms with Crippen molar-refractivity contribution in [3.05, 3.63) is 0 Å². The van der Waals surface area contributed by atoms with Crippen LogP contribution < -0.4 is 0 Å². The molecule has 0 aliphatic carbocycles. The van der Waals surface area contributed by atoms with Gasteiger partial charge in [0.25, 0.3) is 0 Å². The highest BCUT2D eigenvalue weighted by molar-refractivity contribution is 7.82. The lowest BCUT2D eigenvalue weighted by Crippen LogP contribution is -2.55.